The molecule has 0 bridgehead atoms. The number of nitrogens with zero attached hydrogens (tertiary/aromatic N) is 1. The van der Waals surface area contributed by atoms with Crippen LogP contribution in [0.4, 0.5) is 0 Å². The second-order valence-electron chi connectivity index (χ2n) is 4.12. The Morgan fingerprint density at radius 1 is 1.24 bits per heavy atom. The number of hydrogen-bond acceptors (Lipinski definition) is 3. The number of hydrogen-bond donors (Lipinski definition) is 1. The fourth-order valence-corrected chi connectivity index (χ4v) is 4.22. The van der Waals surface area contributed by atoms with Crippen LogP contribution in [0.25, 0.3) is 0 Å². The van der Waals surface area contributed by atoms with Crippen molar-refractivity contribution in [1.82, 2.24) is 9.62 Å². The van der Waals surface area contributed by atoms with Crippen molar-refractivity contribution >= 4 is 26.0 Å². The van der Waals surface area contributed by atoms with E-state index in [1.807, 2.05) is 13.0 Å². The summed E-state index contributed by atoms with van der Waals surface area (Å²) in [4.78, 5) is 0.367. The minimum absolute atomic E-state index is 0.367. The van der Waals surface area contributed by atoms with Gasteiger partial charge >= 0.3 is 0 Å². The first-order valence-corrected chi connectivity index (χ1v) is 7.71. The highest BCUT2D eigenvalue weighted by Crippen LogP contribution is 2.22. The van der Waals surface area contributed by atoms with Crippen LogP contribution in [0.15, 0.2) is 27.6 Å². The zero-order valence-electron chi connectivity index (χ0n) is 9.61. The van der Waals surface area contributed by atoms with Crippen LogP contribution in [0.5, 0.6) is 0 Å². The Balaban J connectivity index is 2.36. The first kappa shape index (κ1) is 13.0. The molecular formula is C11H15BrN2O2S. The minimum atomic E-state index is -3.34. The molecule has 1 aliphatic heterocycles. The quantitative estimate of drug-likeness (QED) is 0.895. The minimum Gasteiger partial charge on any atom is -0.314 e. The standard InChI is InChI=1S/C11H15BrN2O2S/c1-9-6-10(12)8-11(7-9)17(15,16)14-4-2-13-3-5-14/h6-8,13H,2-5H2,1H3. The SMILES string of the molecule is Cc1cc(Br)cc(S(=O)(=O)N2CCNCC2)c1. The van der Waals surface area contributed by atoms with E-state index in [9.17, 15) is 8.42 Å². The Labute approximate surface area is 110 Å². The molecule has 0 radical (unpaired) electrons. The third kappa shape index (κ3) is 2.88. The average molecular weight is 319 g/mol. The van der Waals surface area contributed by atoms with Gasteiger partial charge in [0.15, 0.2) is 0 Å². The van der Waals surface area contributed by atoms with Crippen molar-refractivity contribution in [3.8, 4) is 0 Å². The van der Waals surface area contributed by atoms with Gasteiger partial charge < -0.3 is 5.32 Å². The summed E-state index contributed by atoms with van der Waals surface area (Å²) in [6.07, 6.45) is 0. The lowest BCUT2D eigenvalue weighted by Crippen LogP contribution is -2.46. The highest BCUT2D eigenvalue weighted by molar-refractivity contribution is 9.10. The Hall–Kier alpha value is -0.430. The zero-order chi connectivity index (χ0) is 12.5. The molecule has 0 unspecified atom stereocenters. The molecule has 1 aromatic rings. The average Bonchev–Trinajstić information content (AvgIpc) is 2.29. The van der Waals surface area contributed by atoms with Crippen LogP contribution >= 0.6 is 15.9 Å². The summed E-state index contributed by atoms with van der Waals surface area (Å²) in [6.45, 7) is 4.39. The molecule has 0 aliphatic carbocycles. The lowest BCUT2D eigenvalue weighted by Gasteiger charge is -2.26. The van der Waals surface area contributed by atoms with E-state index in [0.717, 1.165) is 10.0 Å². The number of sulfonamides is 1. The summed E-state index contributed by atoms with van der Waals surface area (Å²) in [5.74, 6) is 0. The molecule has 94 valence electrons. The molecule has 6 heteroatoms. The molecule has 17 heavy (non-hydrogen) atoms. The Kier molecular flexibility index (Phi) is 3.87. The zero-order valence-corrected chi connectivity index (χ0v) is 12.0. The molecule has 0 saturated carbocycles. The maximum Gasteiger partial charge on any atom is 0.243 e. The second kappa shape index (κ2) is 5.06. The van der Waals surface area contributed by atoms with Crippen LogP contribution in [0.3, 0.4) is 0 Å². The summed E-state index contributed by atoms with van der Waals surface area (Å²) < 4.78 is 27.1. The van der Waals surface area contributed by atoms with E-state index in [1.54, 1.807) is 12.1 Å². The van der Waals surface area contributed by atoms with Crippen molar-refractivity contribution in [1.29, 1.82) is 0 Å². The van der Waals surface area contributed by atoms with Gasteiger partial charge in [-0.2, -0.15) is 4.31 Å². The summed E-state index contributed by atoms with van der Waals surface area (Å²) in [5, 5.41) is 3.15. The van der Waals surface area contributed by atoms with Gasteiger partial charge in [-0.15, -0.1) is 0 Å². The fraction of sp³-hybridized carbons (Fsp3) is 0.455. The lowest BCUT2D eigenvalue weighted by atomic mass is 10.2. The summed E-state index contributed by atoms with van der Waals surface area (Å²) in [7, 11) is -3.34. The molecule has 4 nitrogen and oxygen atoms in total. The molecule has 1 aliphatic rings. The van der Waals surface area contributed by atoms with Gasteiger partial charge in [-0.3, -0.25) is 0 Å². The fourth-order valence-electron chi connectivity index (χ4n) is 1.89. The second-order valence-corrected chi connectivity index (χ2v) is 6.97. The number of halogens is 1. The van der Waals surface area contributed by atoms with E-state index in [2.05, 4.69) is 21.2 Å². The van der Waals surface area contributed by atoms with E-state index >= 15 is 0 Å². The van der Waals surface area contributed by atoms with E-state index in [4.69, 9.17) is 0 Å². The van der Waals surface area contributed by atoms with Gasteiger partial charge in [0.2, 0.25) is 10.0 Å². The largest absolute Gasteiger partial charge is 0.314 e. The van der Waals surface area contributed by atoms with Crippen LogP contribution in [0.2, 0.25) is 0 Å². The van der Waals surface area contributed by atoms with E-state index in [0.29, 0.717) is 31.1 Å². The molecule has 1 N–H and O–H groups in total. The Morgan fingerprint density at radius 2 is 1.88 bits per heavy atom. The Bertz CT molecular complexity index is 490. The van der Waals surface area contributed by atoms with Crippen molar-refractivity contribution in [2.45, 2.75) is 11.8 Å². The molecule has 1 fully saturated rings. The third-order valence-corrected chi connectivity index (χ3v) is 5.06. The van der Waals surface area contributed by atoms with Crippen molar-refractivity contribution in [3.63, 3.8) is 0 Å². The molecular weight excluding hydrogens is 304 g/mol. The summed E-state index contributed by atoms with van der Waals surface area (Å²) in [5.41, 5.74) is 0.938. The monoisotopic (exact) mass is 318 g/mol. The highest BCUT2D eigenvalue weighted by Gasteiger charge is 2.25. The molecule has 0 spiro atoms. The third-order valence-electron chi connectivity index (χ3n) is 2.73. The van der Waals surface area contributed by atoms with Crippen LogP contribution in [-0.2, 0) is 10.0 Å². The maximum absolute atomic E-state index is 12.4. The summed E-state index contributed by atoms with van der Waals surface area (Å²) in [6, 6.07) is 5.27. The van der Waals surface area contributed by atoms with Gasteiger partial charge in [-0.05, 0) is 30.7 Å². The maximum atomic E-state index is 12.4. The number of nitrogens with one attached hydrogen (secondary N) is 1. The summed E-state index contributed by atoms with van der Waals surface area (Å²) >= 11 is 3.33. The number of aryl methyl sites for hydroxylation is 1. The lowest BCUT2D eigenvalue weighted by molar-refractivity contribution is 0.360. The van der Waals surface area contributed by atoms with Crippen LogP contribution < -0.4 is 5.32 Å². The van der Waals surface area contributed by atoms with Crippen molar-refractivity contribution in [2.24, 2.45) is 0 Å². The van der Waals surface area contributed by atoms with Gasteiger partial charge in [-0.1, -0.05) is 15.9 Å². The van der Waals surface area contributed by atoms with Gasteiger partial charge in [0.25, 0.3) is 0 Å². The molecule has 1 aromatic carbocycles. The van der Waals surface area contributed by atoms with Gasteiger partial charge in [-0.25, -0.2) is 8.42 Å². The van der Waals surface area contributed by atoms with E-state index in [-0.39, 0.29) is 0 Å². The number of piperazine rings is 1. The highest BCUT2D eigenvalue weighted by atomic mass is 79.9. The molecule has 1 saturated heterocycles. The first-order chi connectivity index (χ1) is 8.00. The number of benzene rings is 1. The van der Waals surface area contributed by atoms with Gasteiger partial charge in [0.1, 0.15) is 0 Å². The smallest absolute Gasteiger partial charge is 0.243 e. The van der Waals surface area contributed by atoms with Crippen LogP contribution in [0, 0.1) is 6.92 Å². The molecule has 1 heterocycles. The number of rotatable bonds is 2. The molecule has 2 rings (SSSR count). The van der Waals surface area contributed by atoms with E-state index in [1.165, 1.54) is 4.31 Å². The molecule has 0 aromatic heterocycles. The van der Waals surface area contributed by atoms with Gasteiger partial charge in [0, 0.05) is 30.7 Å². The topological polar surface area (TPSA) is 49.4 Å². The predicted molar refractivity (Wildman–Crippen MR) is 70.5 cm³/mol. The Morgan fingerprint density at radius 3 is 2.47 bits per heavy atom. The van der Waals surface area contributed by atoms with Crippen LogP contribution in [0.1, 0.15) is 5.56 Å². The molecule has 0 amide bonds. The molecule has 0 atom stereocenters. The normalized spacial score (nSPS) is 18.2. The van der Waals surface area contributed by atoms with Crippen molar-refractivity contribution in [2.75, 3.05) is 26.2 Å². The van der Waals surface area contributed by atoms with Crippen LogP contribution in [-0.4, -0.2) is 38.9 Å². The van der Waals surface area contributed by atoms with Crippen molar-refractivity contribution < 1.29 is 8.42 Å². The predicted octanol–water partition coefficient (Wildman–Crippen LogP) is 1.35. The van der Waals surface area contributed by atoms with E-state index < -0.39 is 10.0 Å². The first-order valence-electron chi connectivity index (χ1n) is 5.48. The van der Waals surface area contributed by atoms with Gasteiger partial charge in [0.05, 0.1) is 4.90 Å². The van der Waals surface area contributed by atoms with Crippen molar-refractivity contribution in [3.05, 3.63) is 28.2 Å².